The smallest absolute Gasteiger partial charge is 0.331 e. The van der Waals surface area contributed by atoms with Crippen LogP contribution in [0.4, 0.5) is 5.69 Å². The fourth-order valence-electron chi connectivity index (χ4n) is 3.27. The summed E-state index contributed by atoms with van der Waals surface area (Å²) >= 11 is 3.44. The molecule has 126 valence electrons. The van der Waals surface area contributed by atoms with Crippen molar-refractivity contribution in [3.63, 3.8) is 0 Å². The quantitative estimate of drug-likeness (QED) is 0.810. The summed E-state index contributed by atoms with van der Waals surface area (Å²) in [6, 6.07) is 16.9. The molecule has 0 unspecified atom stereocenters. The van der Waals surface area contributed by atoms with E-state index in [1.165, 1.54) is 0 Å². The van der Waals surface area contributed by atoms with E-state index in [1.54, 1.807) is 6.92 Å². The topological polar surface area (TPSA) is 49.8 Å². The highest BCUT2D eigenvalue weighted by Gasteiger charge is 2.46. The molecule has 1 heterocycles. The minimum absolute atomic E-state index is 0.0724. The fraction of sp³-hybridized carbons (Fsp3) is 0.316. The van der Waals surface area contributed by atoms with Crippen molar-refractivity contribution in [1.29, 1.82) is 0 Å². The number of anilines is 1. The Labute approximate surface area is 150 Å². The lowest BCUT2D eigenvalue weighted by Crippen LogP contribution is -2.43. The zero-order valence-electron chi connectivity index (χ0n) is 13.4. The van der Waals surface area contributed by atoms with Crippen molar-refractivity contribution in [1.82, 2.24) is 0 Å². The lowest BCUT2D eigenvalue weighted by molar-refractivity contribution is -0.146. The number of carbonyl (C=O) groups excluding carboxylic acids is 1. The number of hydrogen-bond acceptors (Lipinski definition) is 4. The second-order valence-corrected chi connectivity index (χ2v) is 6.73. The molecule has 3 rings (SSSR count). The molecule has 3 atom stereocenters. The van der Waals surface area contributed by atoms with Crippen LogP contribution in [0.25, 0.3) is 0 Å². The molecule has 24 heavy (non-hydrogen) atoms. The molecule has 5 heteroatoms. The predicted molar refractivity (Wildman–Crippen MR) is 96.8 cm³/mol. The Morgan fingerprint density at radius 2 is 1.88 bits per heavy atom. The van der Waals surface area contributed by atoms with Gasteiger partial charge in [0.15, 0.2) is 6.04 Å². The first-order valence-electron chi connectivity index (χ1n) is 8.05. The van der Waals surface area contributed by atoms with Crippen molar-refractivity contribution in [2.24, 2.45) is 0 Å². The van der Waals surface area contributed by atoms with Crippen LogP contribution < -0.4 is 4.90 Å². The third-order valence-corrected chi connectivity index (χ3v) is 4.83. The van der Waals surface area contributed by atoms with E-state index in [9.17, 15) is 9.90 Å². The molecule has 1 aliphatic heterocycles. The third kappa shape index (κ3) is 3.32. The number of rotatable bonds is 4. The van der Waals surface area contributed by atoms with Crippen molar-refractivity contribution in [2.45, 2.75) is 31.5 Å². The molecule has 0 aromatic heterocycles. The molecule has 2 aromatic carbocycles. The molecule has 1 aliphatic rings. The van der Waals surface area contributed by atoms with Gasteiger partial charge in [-0.1, -0.05) is 46.3 Å². The SMILES string of the molecule is CCOC(=O)[C@H]1[C@@H](O)C[C@@H](c2ccccc2)N1c1ccc(Br)cc1. The van der Waals surface area contributed by atoms with Gasteiger partial charge < -0.3 is 14.7 Å². The second-order valence-electron chi connectivity index (χ2n) is 5.81. The van der Waals surface area contributed by atoms with E-state index in [0.717, 1.165) is 15.7 Å². The molecule has 0 amide bonds. The van der Waals surface area contributed by atoms with E-state index in [0.29, 0.717) is 13.0 Å². The van der Waals surface area contributed by atoms with Crippen LogP contribution in [0, 0.1) is 0 Å². The lowest BCUT2D eigenvalue weighted by atomic mass is 10.0. The highest BCUT2D eigenvalue weighted by molar-refractivity contribution is 9.10. The van der Waals surface area contributed by atoms with Gasteiger partial charge in [0.25, 0.3) is 0 Å². The molecule has 0 aliphatic carbocycles. The summed E-state index contributed by atoms with van der Waals surface area (Å²) in [4.78, 5) is 14.4. The standard InChI is InChI=1S/C19H20BrNO3/c1-2-24-19(23)18-17(22)12-16(13-6-4-3-5-7-13)21(18)15-10-8-14(20)9-11-15/h3-11,16-18,22H,2,12H2,1H3/t16-,17-,18+/m0/s1. The van der Waals surface area contributed by atoms with Gasteiger partial charge in [-0.05, 0) is 36.8 Å². The molecule has 0 saturated carbocycles. The zero-order valence-corrected chi connectivity index (χ0v) is 15.0. The van der Waals surface area contributed by atoms with E-state index < -0.39 is 12.1 Å². The molecule has 1 N–H and O–H groups in total. The average molecular weight is 390 g/mol. The van der Waals surface area contributed by atoms with Crippen LogP contribution in [-0.2, 0) is 9.53 Å². The fourth-order valence-corrected chi connectivity index (χ4v) is 3.54. The van der Waals surface area contributed by atoms with Crippen molar-refractivity contribution in [2.75, 3.05) is 11.5 Å². The van der Waals surface area contributed by atoms with Gasteiger partial charge in [-0.3, -0.25) is 0 Å². The average Bonchev–Trinajstić information content (AvgIpc) is 2.94. The Bertz CT molecular complexity index is 690. The Morgan fingerprint density at radius 3 is 2.50 bits per heavy atom. The van der Waals surface area contributed by atoms with E-state index in [-0.39, 0.29) is 12.0 Å². The maximum absolute atomic E-state index is 12.5. The minimum atomic E-state index is -0.766. The number of esters is 1. The molecule has 0 bridgehead atoms. The van der Waals surface area contributed by atoms with Gasteiger partial charge in [-0.2, -0.15) is 0 Å². The van der Waals surface area contributed by atoms with Crippen molar-refractivity contribution in [3.05, 3.63) is 64.6 Å². The number of carbonyl (C=O) groups is 1. The van der Waals surface area contributed by atoms with Gasteiger partial charge in [-0.15, -0.1) is 0 Å². The Morgan fingerprint density at radius 1 is 1.21 bits per heavy atom. The summed E-state index contributed by atoms with van der Waals surface area (Å²) in [5.41, 5.74) is 1.97. The minimum Gasteiger partial charge on any atom is -0.464 e. The van der Waals surface area contributed by atoms with Gasteiger partial charge in [0.1, 0.15) is 0 Å². The zero-order chi connectivity index (χ0) is 17.1. The number of hydrogen-bond donors (Lipinski definition) is 1. The number of nitrogens with zero attached hydrogens (tertiary/aromatic N) is 1. The van der Waals surface area contributed by atoms with Crippen molar-refractivity contribution < 1.29 is 14.6 Å². The Hall–Kier alpha value is -1.85. The second kappa shape index (κ2) is 7.36. The summed E-state index contributed by atoms with van der Waals surface area (Å²) in [5.74, 6) is -0.383. The maximum Gasteiger partial charge on any atom is 0.331 e. The first-order valence-corrected chi connectivity index (χ1v) is 8.84. The van der Waals surface area contributed by atoms with Gasteiger partial charge in [-0.25, -0.2) is 4.79 Å². The lowest BCUT2D eigenvalue weighted by Gasteiger charge is -2.31. The number of ether oxygens (including phenoxy) is 1. The summed E-state index contributed by atoms with van der Waals surface area (Å²) in [6.45, 7) is 2.07. The molecular weight excluding hydrogens is 370 g/mol. The molecule has 4 nitrogen and oxygen atoms in total. The van der Waals surface area contributed by atoms with Gasteiger partial charge in [0.05, 0.1) is 18.8 Å². The number of aliphatic hydroxyl groups is 1. The molecule has 0 spiro atoms. The molecule has 0 radical (unpaired) electrons. The number of aliphatic hydroxyl groups excluding tert-OH is 1. The summed E-state index contributed by atoms with van der Waals surface area (Å²) in [7, 11) is 0. The van der Waals surface area contributed by atoms with Crippen LogP contribution in [0.5, 0.6) is 0 Å². The van der Waals surface area contributed by atoms with Crippen LogP contribution in [0.15, 0.2) is 59.1 Å². The highest BCUT2D eigenvalue weighted by atomic mass is 79.9. The predicted octanol–water partition coefficient (Wildman–Crippen LogP) is 3.69. The molecule has 1 fully saturated rings. The maximum atomic E-state index is 12.5. The summed E-state index contributed by atoms with van der Waals surface area (Å²) in [5, 5.41) is 10.6. The van der Waals surface area contributed by atoms with Crippen LogP contribution in [0.1, 0.15) is 24.9 Å². The third-order valence-electron chi connectivity index (χ3n) is 4.30. The first kappa shape index (κ1) is 17.0. The van der Waals surface area contributed by atoms with E-state index in [2.05, 4.69) is 15.9 Å². The largest absolute Gasteiger partial charge is 0.464 e. The molecule has 1 saturated heterocycles. The van der Waals surface area contributed by atoms with Crippen LogP contribution >= 0.6 is 15.9 Å². The summed E-state index contributed by atoms with van der Waals surface area (Å²) in [6.07, 6.45) is -0.276. The van der Waals surface area contributed by atoms with Crippen LogP contribution in [-0.4, -0.2) is 29.8 Å². The summed E-state index contributed by atoms with van der Waals surface area (Å²) < 4.78 is 6.17. The monoisotopic (exact) mass is 389 g/mol. The Kier molecular flexibility index (Phi) is 5.21. The number of halogens is 1. The van der Waals surface area contributed by atoms with E-state index in [1.807, 2.05) is 59.5 Å². The first-order chi connectivity index (χ1) is 11.6. The van der Waals surface area contributed by atoms with Gasteiger partial charge in [0, 0.05) is 16.6 Å². The van der Waals surface area contributed by atoms with Gasteiger partial charge in [0.2, 0.25) is 0 Å². The van der Waals surface area contributed by atoms with Gasteiger partial charge >= 0.3 is 5.97 Å². The van der Waals surface area contributed by atoms with Crippen molar-refractivity contribution in [3.8, 4) is 0 Å². The van der Waals surface area contributed by atoms with Crippen LogP contribution in [0.3, 0.4) is 0 Å². The highest BCUT2D eigenvalue weighted by Crippen LogP contribution is 2.40. The van der Waals surface area contributed by atoms with Crippen molar-refractivity contribution >= 4 is 27.6 Å². The van der Waals surface area contributed by atoms with Crippen LogP contribution in [0.2, 0.25) is 0 Å². The molecular formula is C19H20BrNO3. The Balaban J connectivity index is 2.02. The van der Waals surface area contributed by atoms with E-state index in [4.69, 9.17) is 4.74 Å². The number of benzene rings is 2. The van der Waals surface area contributed by atoms with E-state index >= 15 is 0 Å². The normalized spacial score (nSPS) is 23.3. The molecule has 2 aromatic rings.